The van der Waals surface area contributed by atoms with Crippen LogP contribution in [0.15, 0.2) is 0 Å². The van der Waals surface area contributed by atoms with Gasteiger partial charge in [0.25, 0.3) is 0 Å². The minimum Gasteiger partial charge on any atom is -0.330 e. The van der Waals surface area contributed by atoms with Crippen molar-refractivity contribution in [1.82, 2.24) is 4.90 Å². The second kappa shape index (κ2) is 7.82. The van der Waals surface area contributed by atoms with E-state index in [0.29, 0.717) is 12.1 Å². The fourth-order valence-corrected chi connectivity index (χ4v) is 3.99. The highest BCUT2D eigenvalue weighted by Crippen LogP contribution is 2.33. The molecule has 5 heteroatoms. The molecule has 1 unspecified atom stereocenters. The number of hydrogen-bond donors (Lipinski definition) is 1. The van der Waals surface area contributed by atoms with Crippen molar-refractivity contribution < 1.29 is 13.2 Å². The third kappa shape index (κ3) is 4.85. The molecule has 0 aromatic rings. The van der Waals surface area contributed by atoms with Gasteiger partial charge in [-0.2, -0.15) is 13.2 Å². The van der Waals surface area contributed by atoms with E-state index in [2.05, 4.69) is 4.90 Å². The van der Waals surface area contributed by atoms with Crippen LogP contribution in [0.4, 0.5) is 13.2 Å². The number of rotatable bonds is 5. The Morgan fingerprint density at radius 1 is 0.857 bits per heavy atom. The zero-order valence-electron chi connectivity index (χ0n) is 12.9. The highest BCUT2D eigenvalue weighted by molar-refractivity contribution is 4.86. The molecule has 0 aromatic carbocycles. The van der Waals surface area contributed by atoms with Crippen LogP contribution < -0.4 is 5.73 Å². The van der Waals surface area contributed by atoms with Gasteiger partial charge in [0, 0.05) is 25.2 Å². The molecule has 0 bridgehead atoms. The van der Waals surface area contributed by atoms with Crippen LogP contribution >= 0.6 is 0 Å². The summed E-state index contributed by atoms with van der Waals surface area (Å²) in [6, 6.07) is 0.691. The van der Waals surface area contributed by atoms with Gasteiger partial charge in [0.2, 0.25) is 0 Å². The highest BCUT2D eigenvalue weighted by atomic mass is 19.4. The number of nitrogens with two attached hydrogens (primary N) is 1. The molecule has 0 amide bonds. The molecule has 2 fully saturated rings. The predicted octanol–water partition coefficient (Wildman–Crippen LogP) is 4.09. The van der Waals surface area contributed by atoms with Gasteiger partial charge in [-0.1, -0.05) is 38.5 Å². The summed E-state index contributed by atoms with van der Waals surface area (Å²) < 4.78 is 39.3. The van der Waals surface area contributed by atoms with Crippen molar-refractivity contribution in [3.05, 3.63) is 0 Å². The largest absolute Gasteiger partial charge is 0.394 e. The average Bonchev–Trinajstić information content (AvgIpc) is 2.49. The third-order valence-corrected chi connectivity index (χ3v) is 5.27. The van der Waals surface area contributed by atoms with E-state index in [1.54, 1.807) is 0 Å². The van der Waals surface area contributed by atoms with Crippen molar-refractivity contribution in [2.75, 3.05) is 13.1 Å². The highest BCUT2D eigenvalue weighted by Gasteiger charge is 2.42. The number of alkyl halides is 3. The number of nitrogens with zero attached hydrogens (tertiary/aromatic N) is 1. The summed E-state index contributed by atoms with van der Waals surface area (Å²) in [6.07, 6.45) is 7.18. The van der Waals surface area contributed by atoms with Crippen LogP contribution in [-0.2, 0) is 0 Å². The van der Waals surface area contributed by atoms with Crippen molar-refractivity contribution in [2.24, 2.45) is 11.7 Å². The average molecular weight is 306 g/mol. The lowest BCUT2D eigenvalue weighted by atomic mass is 9.87. The molecule has 124 valence electrons. The van der Waals surface area contributed by atoms with Crippen LogP contribution in [-0.4, -0.2) is 36.2 Å². The van der Waals surface area contributed by atoms with Gasteiger partial charge in [0.1, 0.15) is 0 Å². The summed E-state index contributed by atoms with van der Waals surface area (Å²) >= 11 is 0. The van der Waals surface area contributed by atoms with Gasteiger partial charge in [-0.3, -0.25) is 4.90 Å². The SMILES string of the molecule is NCC(CN(C1CCCCC1)C1CCCCC1)C(F)(F)F. The summed E-state index contributed by atoms with van der Waals surface area (Å²) in [5.41, 5.74) is 5.42. The van der Waals surface area contributed by atoms with Gasteiger partial charge in [0.15, 0.2) is 0 Å². The maximum atomic E-state index is 13.1. The number of halogens is 3. The standard InChI is InChI=1S/C16H29F3N2/c17-16(18,19)13(11-20)12-21(14-7-3-1-4-8-14)15-9-5-2-6-10-15/h13-15H,1-12,20H2. The molecule has 0 saturated heterocycles. The summed E-state index contributed by atoms with van der Waals surface area (Å²) in [5.74, 6) is -1.37. The van der Waals surface area contributed by atoms with E-state index >= 15 is 0 Å². The molecule has 2 saturated carbocycles. The lowest BCUT2D eigenvalue weighted by Gasteiger charge is -2.43. The predicted molar refractivity (Wildman–Crippen MR) is 79.1 cm³/mol. The van der Waals surface area contributed by atoms with E-state index in [1.165, 1.54) is 12.8 Å². The summed E-state index contributed by atoms with van der Waals surface area (Å²) in [4.78, 5) is 2.20. The van der Waals surface area contributed by atoms with Crippen LogP contribution in [0, 0.1) is 5.92 Å². The first-order valence-corrected chi connectivity index (χ1v) is 8.55. The van der Waals surface area contributed by atoms with Crippen molar-refractivity contribution >= 4 is 0 Å². The summed E-state index contributed by atoms with van der Waals surface area (Å²) in [6.45, 7) is -0.186. The Morgan fingerprint density at radius 3 is 1.62 bits per heavy atom. The summed E-state index contributed by atoms with van der Waals surface area (Å²) in [5, 5.41) is 0. The van der Waals surface area contributed by atoms with E-state index in [0.717, 1.165) is 51.4 Å². The molecule has 2 nitrogen and oxygen atoms in total. The molecule has 0 heterocycles. The molecule has 0 radical (unpaired) electrons. The Hall–Kier alpha value is -0.290. The molecule has 2 N–H and O–H groups in total. The van der Waals surface area contributed by atoms with Gasteiger partial charge < -0.3 is 5.73 Å². The molecule has 2 aliphatic carbocycles. The van der Waals surface area contributed by atoms with Crippen molar-refractivity contribution in [3.63, 3.8) is 0 Å². The molecule has 0 spiro atoms. The second-order valence-electron chi connectivity index (χ2n) is 6.75. The first-order chi connectivity index (χ1) is 10.0. The fourth-order valence-electron chi connectivity index (χ4n) is 3.99. The Labute approximate surface area is 126 Å². The zero-order valence-corrected chi connectivity index (χ0v) is 12.9. The molecule has 0 aromatic heterocycles. The first kappa shape index (κ1) is 17.1. The normalized spacial score (nSPS) is 24.4. The van der Waals surface area contributed by atoms with Crippen molar-refractivity contribution in [1.29, 1.82) is 0 Å². The number of hydrogen-bond acceptors (Lipinski definition) is 2. The fraction of sp³-hybridized carbons (Fsp3) is 1.00. The van der Waals surface area contributed by atoms with Crippen LogP contribution in [0.3, 0.4) is 0 Å². The maximum Gasteiger partial charge on any atom is 0.394 e. The van der Waals surface area contributed by atoms with E-state index in [-0.39, 0.29) is 13.1 Å². The van der Waals surface area contributed by atoms with Crippen LogP contribution in [0.1, 0.15) is 64.2 Å². The van der Waals surface area contributed by atoms with E-state index < -0.39 is 12.1 Å². The minimum atomic E-state index is -4.17. The molecule has 2 rings (SSSR count). The van der Waals surface area contributed by atoms with E-state index in [1.807, 2.05) is 0 Å². The smallest absolute Gasteiger partial charge is 0.330 e. The van der Waals surface area contributed by atoms with Crippen molar-refractivity contribution in [3.8, 4) is 0 Å². The Morgan fingerprint density at radius 2 is 1.29 bits per heavy atom. The van der Waals surface area contributed by atoms with E-state index in [9.17, 15) is 13.2 Å². The van der Waals surface area contributed by atoms with E-state index in [4.69, 9.17) is 5.73 Å². The minimum absolute atomic E-state index is 0.106. The zero-order chi connectivity index (χ0) is 15.3. The Kier molecular flexibility index (Phi) is 6.35. The molecule has 0 aliphatic heterocycles. The monoisotopic (exact) mass is 306 g/mol. The van der Waals surface area contributed by atoms with Gasteiger partial charge in [-0.15, -0.1) is 0 Å². The summed E-state index contributed by atoms with van der Waals surface area (Å²) in [7, 11) is 0. The van der Waals surface area contributed by atoms with Gasteiger partial charge in [0.05, 0.1) is 5.92 Å². The maximum absolute atomic E-state index is 13.1. The Balaban J connectivity index is 2.06. The van der Waals surface area contributed by atoms with Crippen molar-refractivity contribution in [2.45, 2.75) is 82.5 Å². The molecular weight excluding hydrogens is 277 g/mol. The lowest BCUT2D eigenvalue weighted by molar-refractivity contribution is -0.180. The van der Waals surface area contributed by atoms with Crippen LogP contribution in [0.25, 0.3) is 0 Å². The van der Waals surface area contributed by atoms with Gasteiger partial charge in [-0.05, 0) is 25.7 Å². The molecular formula is C16H29F3N2. The van der Waals surface area contributed by atoms with Gasteiger partial charge in [-0.25, -0.2) is 0 Å². The van der Waals surface area contributed by atoms with Crippen LogP contribution in [0.2, 0.25) is 0 Å². The van der Waals surface area contributed by atoms with Gasteiger partial charge >= 0.3 is 6.18 Å². The molecule has 21 heavy (non-hydrogen) atoms. The van der Waals surface area contributed by atoms with Crippen LogP contribution in [0.5, 0.6) is 0 Å². The second-order valence-corrected chi connectivity index (χ2v) is 6.75. The topological polar surface area (TPSA) is 29.3 Å². The Bertz CT molecular complexity index is 276. The molecule has 2 aliphatic rings. The quantitative estimate of drug-likeness (QED) is 0.829. The first-order valence-electron chi connectivity index (χ1n) is 8.55. The lowest BCUT2D eigenvalue weighted by Crippen LogP contribution is -2.50. The third-order valence-electron chi connectivity index (χ3n) is 5.27. The molecule has 1 atom stereocenters.